The van der Waals surface area contributed by atoms with Crippen molar-refractivity contribution in [3.8, 4) is 5.88 Å². The molecule has 11 nitrogen and oxygen atoms in total. The number of carbonyl (C=O) groups excluding carboxylic acids is 1. The van der Waals surface area contributed by atoms with E-state index in [1.165, 1.54) is 12.7 Å². The second-order valence-electron chi connectivity index (χ2n) is 9.33. The molecule has 4 heterocycles. The smallest absolute Gasteiger partial charge is 0.265 e. The number of hydrogen-bond acceptors (Lipinski definition) is 9. The van der Waals surface area contributed by atoms with Gasteiger partial charge in [0.25, 0.3) is 11.5 Å². The van der Waals surface area contributed by atoms with Crippen LogP contribution in [-0.4, -0.2) is 72.1 Å². The molecular weight excluding hydrogens is 484 g/mol. The van der Waals surface area contributed by atoms with Crippen LogP contribution in [0, 0.1) is 6.92 Å². The lowest BCUT2D eigenvalue weighted by molar-refractivity contribution is 0.102. The number of benzene rings is 1. The SMILES string of the molecule is CCC.Cc1c(Nc2nc[nH]c(=O)c2C(=O)Nc2ccc(N3CCN(C)CC3)cc2)cnc2c1NCCO2. The fourth-order valence-electron chi connectivity index (χ4n) is 4.19. The largest absolute Gasteiger partial charge is 0.474 e. The standard InChI is InChI=1S/C24H28N8O3.C3H8/c1-15-18(13-26-24-20(15)25-7-12-35-24)30-21-19(22(33)28-14-27-21)23(34)29-16-3-5-17(6-4-16)32-10-8-31(2)9-11-32;1-3-2/h3-6,13-14,25H,7-12H2,1-2H3,(H,29,34)(H2,27,28,30,33);3H2,1-2H3. The van der Waals surface area contributed by atoms with Crippen LogP contribution in [0.25, 0.3) is 0 Å². The fraction of sp³-hybridized carbons (Fsp3) is 0.407. The van der Waals surface area contributed by atoms with E-state index >= 15 is 0 Å². The van der Waals surface area contributed by atoms with Gasteiger partial charge in [0, 0.05) is 49.7 Å². The molecule has 2 aromatic heterocycles. The van der Waals surface area contributed by atoms with Gasteiger partial charge in [-0.1, -0.05) is 20.3 Å². The van der Waals surface area contributed by atoms with Crippen molar-refractivity contribution in [1.82, 2.24) is 19.9 Å². The number of nitrogens with one attached hydrogen (secondary N) is 4. The minimum absolute atomic E-state index is 0.114. The number of nitrogens with zero attached hydrogens (tertiary/aromatic N) is 4. The molecule has 11 heteroatoms. The Hall–Kier alpha value is -4.12. The van der Waals surface area contributed by atoms with Crippen molar-refractivity contribution in [2.75, 3.05) is 67.2 Å². The molecule has 1 aromatic carbocycles. The normalized spacial score (nSPS) is 14.8. The van der Waals surface area contributed by atoms with Crippen molar-refractivity contribution < 1.29 is 9.53 Å². The summed E-state index contributed by atoms with van der Waals surface area (Å²) in [6, 6.07) is 7.63. The Labute approximate surface area is 222 Å². The molecule has 3 aromatic rings. The molecule has 202 valence electrons. The van der Waals surface area contributed by atoms with Crippen LogP contribution in [0.3, 0.4) is 0 Å². The molecule has 0 atom stereocenters. The molecule has 5 rings (SSSR count). The second kappa shape index (κ2) is 12.4. The molecule has 0 spiro atoms. The van der Waals surface area contributed by atoms with E-state index in [1.54, 1.807) is 6.20 Å². The maximum atomic E-state index is 13.1. The van der Waals surface area contributed by atoms with E-state index in [-0.39, 0.29) is 11.4 Å². The van der Waals surface area contributed by atoms with Gasteiger partial charge in [-0.3, -0.25) is 9.59 Å². The third kappa shape index (κ3) is 6.23. The number of aromatic nitrogens is 3. The van der Waals surface area contributed by atoms with E-state index in [4.69, 9.17) is 4.74 Å². The number of H-pyrrole nitrogens is 1. The van der Waals surface area contributed by atoms with Crippen LogP contribution < -0.4 is 31.1 Å². The molecule has 1 saturated heterocycles. The van der Waals surface area contributed by atoms with E-state index in [2.05, 4.69) is 61.6 Å². The van der Waals surface area contributed by atoms with Crippen molar-refractivity contribution in [1.29, 1.82) is 0 Å². The number of rotatable bonds is 5. The lowest BCUT2D eigenvalue weighted by atomic mass is 10.1. The highest BCUT2D eigenvalue weighted by Gasteiger charge is 2.21. The number of carbonyl (C=O) groups is 1. The van der Waals surface area contributed by atoms with Crippen molar-refractivity contribution in [2.24, 2.45) is 0 Å². The highest BCUT2D eigenvalue weighted by molar-refractivity contribution is 6.07. The number of likely N-dealkylation sites (N-methyl/N-ethyl adjacent to an activating group) is 1. The highest BCUT2D eigenvalue weighted by Crippen LogP contribution is 2.34. The molecule has 0 aliphatic carbocycles. The van der Waals surface area contributed by atoms with Gasteiger partial charge >= 0.3 is 0 Å². The van der Waals surface area contributed by atoms with Crippen LogP contribution in [-0.2, 0) is 0 Å². The average Bonchev–Trinajstić information content (AvgIpc) is 2.92. The van der Waals surface area contributed by atoms with Gasteiger partial charge in [-0.2, -0.15) is 0 Å². The molecular formula is C27H36N8O3. The van der Waals surface area contributed by atoms with Gasteiger partial charge in [-0.15, -0.1) is 0 Å². The summed E-state index contributed by atoms with van der Waals surface area (Å²) in [5, 5.41) is 9.17. The number of aromatic amines is 1. The van der Waals surface area contributed by atoms with Gasteiger partial charge in [0.2, 0.25) is 5.88 Å². The van der Waals surface area contributed by atoms with E-state index in [0.717, 1.165) is 43.1 Å². The molecule has 0 unspecified atom stereocenters. The summed E-state index contributed by atoms with van der Waals surface area (Å²) in [5.41, 5.74) is 3.28. The summed E-state index contributed by atoms with van der Waals surface area (Å²) in [5.74, 6) is 0.109. The van der Waals surface area contributed by atoms with Crippen LogP contribution in [0.4, 0.5) is 28.6 Å². The molecule has 4 N–H and O–H groups in total. The molecule has 0 bridgehead atoms. The van der Waals surface area contributed by atoms with Gasteiger partial charge in [-0.25, -0.2) is 9.97 Å². The Morgan fingerprint density at radius 2 is 1.82 bits per heavy atom. The van der Waals surface area contributed by atoms with Crippen LogP contribution >= 0.6 is 0 Å². The van der Waals surface area contributed by atoms with Gasteiger partial charge < -0.3 is 35.5 Å². The average molecular weight is 521 g/mol. The fourth-order valence-corrected chi connectivity index (χ4v) is 4.19. The van der Waals surface area contributed by atoms with Crippen LogP contribution in [0.1, 0.15) is 36.2 Å². The zero-order chi connectivity index (χ0) is 27.1. The maximum Gasteiger partial charge on any atom is 0.265 e. The van der Waals surface area contributed by atoms with Crippen LogP contribution in [0.2, 0.25) is 0 Å². The first kappa shape index (κ1) is 26.9. The number of ether oxygens (including phenoxy) is 1. The first-order valence-electron chi connectivity index (χ1n) is 13.0. The Kier molecular flexibility index (Phi) is 8.80. The minimum Gasteiger partial charge on any atom is -0.474 e. The van der Waals surface area contributed by atoms with Gasteiger partial charge in [0.05, 0.1) is 18.2 Å². The molecule has 2 aliphatic rings. The molecule has 1 amide bonds. The summed E-state index contributed by atoms with van der Waals surface area (Å²) in [6.07, 6.45) is 4.11. The molecule has 38 heavy (non-hydrogen) atoms. The molecule has 2 aliphatic heterocycles. The number of amides is 1. The first-order chi connectivity index (χ1) is 18.4. The van der Waals surface area contributed by atoms with Gasteiger partial charge in [0.15, 0.2) is 5.82 Å². The van der Waals surface area contributed by atoms with Crippen molar-refractivity contribution >= 4 is 34.5 Å². The van der Waals surface area contributed by atoms with Gasteiger partial charge in [0.1, 0.15) is 17.9 Å². The summed E-state index contributed by atoms with van der Waals surface area (Å²) >= 11 is 0. The zero-order valence-corrected chi connectivity index (χ0v) is 22.4. The first-order valence-corrected chi connectivity index (χ1v) is 13.0. The molecule has 1 fully saturated rings. The number of piperazine rings is 1. The third-order valence-corrected chi connectivity index (χ3v) is 6.27. The Morgan fingerprint density at radius 3 is 2.53 bits per heavy atom. The molecule has 0 radical (unpaired) electrons. The van der Waals surface area contributed by atoms with Crippen molar-refractivity contribution in [3.05, 3.63) is 58.3 Å². The summed E-state index contributed by atoms with van der Waals surface area (Å²) in [7, 11) is 2.12. The monoisotopic (exact) mass is 520 g/mol. The quantitative estimate of drug-likeness (QED) is 0.400. The van der Waals surface area contributed by atoms with E-state index in [1.807, 2.05) is 31.2 Å². The number of hydrogen-bond donors (Lipinski definition) is 4. The number of anilines is 5. The highest BCUT2D eigenvalue weighted by atomic mass is 16.5. The Bertz CT molecular complexity index is 1300. The maximum absolute atomic E-state index is 13.1. The van der Waals surface area contributed by atoms with E-state index in [0.29, 0.717) is 30.4 Å². The molecule has 0 saturated carbocycles. The van der Waals surface area contributed by atoms with E-state index in [9.17, 15) is 9.59 Å². The topological polar surface area (TPSA) is 128 Å². The number of pyridine rings is 1. The lowest BCUT2D eigenvalue weighted by Crippen LogP contribution is -2.44. The Morgan fingerprint density at radius 1 is 1.11 bits per heavy atom. The lowest BCUT2D eigenvalue weighted by Gasteiger charge is -2.34. The third-order valence-electron chi connectivity index (χ3n) is 6.27. The van der Waals surface area contributed by atoms with Crippen LogP contribution in [0.5, 0.6) is 5.88 Å². The van der Waals surface area contributed by atoms with Gasteiger partial charge in [-0.05, 0) is 38.2 Å². The zero-order valence-electron chi connectivity index (χ0n) is 22.4. The van der Waals surface area contributed by atoms with Crippen LogP contribution in [0.15, 0.2) is 41.6 Å². The predicted molar refractivity (Wildman–Crippen MR) is 151 cm³/mol. The minimum atomic E-state index is -0.556. The second-order valence-corrected chi connectivity index (χ2v) is 9.33. The van der Waals surface area contributed by atoms with Crippen molar-refractivity contribution in [2.45, 2.75) is 27.2 Å². The number of fused-ring (bicyclic) bond motifs is 1. The Balaban J connectivity index is 0.00000107. The summed E-state index contributed by atoms with van der Waals surface area (Å²) in [6.45, 7) is 11.3. The summed E-state index contributed by atoms with van der Waals surface area (Å²) < 4.78 is 5.57. The summed E-state index contributed by atoms with van der Waals surface area (Å²) in [4.78, 5) is 41.4. The van der Waals surface area contributed by atoms with Crippen molar-refractivity contribution in [3.63, 3.8) is 0 Å². The van der Waals surface area contributed by atoms with E-state index < -0.39 is 11.5 Å². The predicted octanol–water partition coefficient (Wildman–Crippen LogP) is 3.44.